The Kier molecular flexibility index (Phi) is 3.70. The molecule has 108 valence electrons. The van der Waals surface area contributed by atoms with Crippen LogP contribution in [0.5, 0.6) is 5.75 Å². The van der Waals surface area contributed by atoms with Crippen LogP contribution in [0.3, 0.4) is 0 Å². The highest BCUT2D eigenvalue weighted by Gasteiger charge is 2.25. The second-order valence-corrected chi connectivity index (χ2v) is 5.94. The summed E-state index contributed by atoms with van der Waals surface area (Å²) in [6.45, 7) is 9.88. The maximum absolute atomic E-state index is 6.16. The van der Waals surface area contributed by atoms with Gasteiger partial charge >= 0.3 is 0 Å². The highest BCUT2D eigenvalue weighted by atomic mass is 16.5. The lowest BCUT2D eigenvalue weighted by atomic mass is 10.2. The third-order valence-corrected chi connectivity index (χ3v) is 4.29. The van der Waals surface area contributed by atoms with E-state index in [0.29, 0.717) is 12.1 Å². The Hall–Kier alpha value is -1.48. The number of rotatable bonds is 4. The Bertz CT molecular complexity index is 588. The van der Waals surface area contributed by atoms with Crippen molar-refractivity contribution in [2.75, 3.05) is 13.1 Å². The number of hydrogen-bond acceptors (Lipinski definition) is 2. The van der Waals surface area contributed by atoms with Crippen molar-refractivity contribution in [2.45, 2.75) is 45.9 Å². The largest absolute Gasteiger partial charge is 0.489 e. The van der Waals surface area contributed by atoms with E-state index in [4.69, 9.17) is 4.74 Å². The summed E-state index contributed by atoms with van der Waals surface area (Å²) >= 11 is 0. The fourth-order valence-corrected chi connectivity index (χ4v) is 3.04. The van der Waals surface area contributed by atoms with Gasteiger partial charge in [0, 0.05) is 42.8 Å². The van der Waals surface area contributed by atoms with Gasteiger partial charge in [0.15, 0.2) is 0 Å². The lowest BCUT2D eigenvalue weighted by Crippen LogP contribution is -2.30. The molecular weight excluding hydrogens is 248 g/mol. The van der Waals surface area contributed by atoms with Gasteiger partial charge in [-0.1, -0.05) is 0 Å². The molecule has 0 spiro atoms. The van der Waals surface area contributed by atoms with Crippen LogP contribution in [0.2, 0.25) is 0 Å². The van der Waals surface area contributed by atoms with E-state index in [1.807, 2.05) is 0 Å². The minimum Gasteiger partial charge on any atom is -0.489 e. The Labute approximate surface area is 121 Å². The maximum atomic E-state index is 6.16. The van der Waals surface area contributed by atoms with Gasteiger partial charge in [-0.05, 0) is 51.5 Å². The Balaban J connectivity index is 1.72. The SMILES string of the molecule is CCn1ccc2cc(OC3CCN(C(C)C)C3)ccc21. The third kappa shape index (κ3) is 2.55. The smallest absolute Gasteiger partial charge is 0.120 e. The summed E-state index contributed by atoms with van der Waals surface area (Å²) in [6.07, 6.45) is 3.61. The summed E-state index contributed by atoms with van der Waals surface area (Å²) in [5.41, 5.74) is 1.29. The summed E-state index contributed by atoms with van der Waals surface area (Å²) in [7, 11) is 0. The van der Waals surface area contributed by atoms with E-state index in [9.17, 15) is 0 Å². The molecular formula is C17H24N2O. The first-order valence-electron chi connectivity index (χ1n) is 7.67. The predicted octanol–water partition coefficient (Wildman–Crippen LogP) is 3.52. The zero-order valence-electron chi connectivity index (χ0n) is 12.7. The van der Waals surface area contributed by atoms with Crippen molar-refractivity contribution in [3.8, 4) is 5.75 Å². The summed E-state index contributed by atoms with van der Waals surface area (Å²) in [5, 5.41) is 1.27. The summed E-state index contributed by atoms with van der Waals surface area (Å²) < 4.78 is 8.41. The summed E-state index contributed by atoms with van der Waals surface area (Å²) in [5.74, 6) is 1.00. The third-order valence-electron chi connectivity index (χ3n) is 4.29. The Morgan fingerprint density at radius 3 is 2.85 bits per heavy atom. The fourth-order valence-electron chi connectivity index (χ4n) is 3.04. The average Bonchev–Trinajstić information content (AvgIpc) is 3.04. The van der Waals surface area contributed by atoms with Crippen molar-refractivity contribution in [1.29, 1.82) is 0 Å². The molecule has 2 aromatic rings. The molecule has 0 amide bonds. The zero-order chi connectivity index (χ0) is 14.1. The standard InChI is InChI=1S/C17H24N2O/c1-4-18-9-7-14-11-15(5-6-17(14)18)20-16-8-10-19(12-16)13(2)3/h5-7,9,11,13,16H,4,8,10,12H2,1-3H3. The highest BCUT2D eigenvalue weighted by Crippen LogP contribution is 2.25. The second-order valence-electron chi connectivity index (χ2n) is 5.94. The van der Waals surface area contributed by atoms with E-state index in [1.54, 1.807) is 0 Å². The molecule has 1 aromatic carbocycles. The average molecular weight is 272 g/mol. The van der Waals surface area contributed by atoms with Crippen molar-refractivity contribution >= 4 is 10.9 Å². The van der Waals surface area contributed by atoms with Crippen LogP contribution in [0.25, 0.3) is 10.9 Å². The topological polar surface area (TPSA) is 17.4 Å². The molecule has 1 unspecified atom stereocenters. The van der Waals surface area contributed by atoms with E-state index >= 15 is 0 Å². The van der Waals surface area contributed by atoms with Crippen molar-refractivity contribution < 1.29 is 4.74 Å². The van der Waals surface area contributed by atoms with Gasteiger partial charge in [-0.2, -0.15) is 0 Å². The van der Waals surface area contributed by atoms with Crippen LogP contribution in [0, 0.1) is 0 Å². The Morgan fingerprint density at radius 1 is 1.30 bits per heavy atom. The normalized spacial score (nSPS) is 20.1. The molecule has 1 saturated heterocycles. The van der Waals surface area contributed by atoms with Gasteiger partial charge in [-0.3, -0.25) is 4.90 Å². The van der Waals surface area contributed by atoms with Gasteiger partial charge in [0.2, 0.25) is 0 Å². The number of aryl methyl sites for hydroxylation is 1. The minimum atomic E-state index is 0.336. The molecule has 3 heteroatoms. The summed E-state index contributed by atoms with van der Waals surface area (Å²) in [6, 6.07) is 9.22. The van der Waals surface area contributed by atoms with E-state index in [-0.39, 0.29) is 0 Å². The molecule has 2 heterocycles. The highest BCUT2D eigenvalue weighted by molar-refractivity contribution is 5.81. The molecule has 3 rings (SSSR count). The number of aromatic nitrogens is 1. The molecule has 0 bridgehead atoms. The number of benzene rings is 1. The number of hydrogen-bond donors (Lipinski definition) is 0. The first-order chi connectivity index (χ1) is 9.67. The van der Waals surface area contributed by atoms with E-state index < -0.39 is 0 Å². The molecule has 20 heavy (non-hydrogen) atoms. The number of likely N-dealkylation sites (tertiary alicyclic amines) is 1. The van der Waals surface area contributed by atoms with E-state index in [1.165, 1.54) is 10.9 Å². The van der Waals surface area contributed by atoms with Gasteiger partial charge in [0.05, 0.1) is 0 Å². The van der Waals surface area contributed by atoms with Gasteiger partial charge < -0.3 is 9.30 Å². The van der Waals surface area contributed by atoms with Crippen LogP contribution in [-0.2, 0) is 6.54 Å². The van der Waals surface area contributed by atoms with Crippen LogP contribution >= 0.6 is 0 Å². The first-order valence-corrected chi connectivity index (χ1v) is 7.67. The van der Waals surface area contributed by atoms with E-state index in [0.717, 1.165) is 31.8 Å². The number of ether oxygens (including phenoxy) is 1. The molecule has 1 aliphatic heterocycles. The van der Waals surface area contributed by atoms with Crippen molar-refractivity contribution in [3.05, 3.63) is 30.5 Å². The second kappa shape index (κ2) is 5.49. The van der Waals surface area contributed by atoms with Gasteiger partial charge in [-0.15, -0.1) is 0 Å². The van der Waals surface area contributed by atoms with Crippen LogP contribution < -0.4 is 4.74 Å². The molecule has 1 fully saturated rings. The van der Waals surface area contributed by atoms with Crippen LogP contribution in [0.1, 0.15) is 27.2 Å². The van der Waals surface area contributed by atoms with Crippen LogP contribution in [-0.4, -0.2) is 34.7 Å². The summed E-state index contributed by atoms with van der Waals surface area (Å²) in [4.78, 5) is 2.48. The van der Waals surface area contributed by atoms with Gasteiger partial charge in [0.1, 0.15) is 11.9 Å². The van der Waals surface area contributed by atoms with Crippen LogP contribution in [0.4, 0.5) is 0 Å². The number of nitrogens with zero attached hydrogens (tertiary/aromatic N) is 2. The molecule has 0 N–H and O–H groups in total. The Morgan fingerprint density at radius 2 is 2.15 bits per heavy atom. The van der Waals surface area contributed by atoms with Crippen LogP contribution in [0.15, 0.2) is 30.5 Å². The van der Waals surface area contributed by atoms with Crippen molar-refractivity contribution in [3.63, 3.8) is 0 Å². The first kappa shape index (κ1) is 13.5. The molecule has 1 aliphatic rings. The minimum absolute atomic E-state index is 0.336. The lowest BCUT2D eigenvalue weighted by Gasteiger charge is -2.20. The molecule has 1 aromatic heterocycles. The fraction of sp³-hybridized carbons (Fsp3) is 0.529. The monoisotopic (exact) mass is 272 g/mol. The quantitative estimate of drug-likeness (QED) is 0.847. The molecule has 1 atom stereocenters. The lowest BCUT2D eigenvalue weighted by molar-refractivity contribution is 0.187. The van der Waals surface area contributed by atoms with Crippen molar-refractivity contribution in [1.82, 2.24) is 9.47 Å². The van der Waals surface area contributed by atoms with E-state index in [2.05, 4.69) is 60.7 Å². The maximum Gasteiger partial charge on any atom is 0.120 e. The number of fused-ring (bicyclic) bond motifs is 1. The predicted molar refractivity (Wildman–Crippen MR) is 83.4 cm³/mol. The van der Waals surface area contributed by atoms with Gasteiger partial charge in [0.25, 0.3) is 0 Å². The molecule has 0 saturated carbocycles. The molecule has 0 radical (unpaired) electrons. The molecule has 0 aliphatic carbocycles. The van der Waals surface area contributed by atoms with Crippen molar-refractivity contribution in [2.24, 2.45) is 0 Å². The van der Waals surface area contributed by atoms with Gasteiger partial charge in [-0.25, -0.2) is 0 Å². The molecule has 3 nitrogen and oxygen atoms in total. The zero-order valence-corrected chi connectivity index (χ0v) is 12.7.